The highest BCUT2D eigenvalue weighted by Crippen LogP contribution is 2.28. The molecule has 2 aromatic rings. The van der Waals surface area contributed by atoms with Crippen LogP contribution >= 0.6 is 0 Å². The molecule has 3 rings (SSSR count). The van der Waals surface area contributed by atoms with Gasteiger partial charge in [-0.15, -0.1) is 0 Å². The normalized spacial score (nSPS) is 16.3. The van der Waals surface area contributed by atoms with Crippen LogP contribution in [0.3, 0.4) is 0 Å². The van der Waals surface area contributed by atoms with Crippen molar-refractivity contribution in [3.05, 3.63) is 83.3 Å². The molecule has 5 heteroatoms. The van der Waals surface area contributed by atoms with Crippen molar-refractivity contribution in [2.45, 2.75) is 25.4 Å². The van der Waals surface area contributed by atoms with E-state index in [0.717, 1.165) is 22.3 Å². The average molecular weight is 342 g/mol. The van der Waals surface area contributed by atoms with Gasteiger partial charge >= 0.3 is 0 Å². The van der Waals surface area contributed by atoms with Gasteiger partial charge in [0.15, 0.2) is 0 Å². The highest BCUT2D eigenvalue weighted by Gasteiger charge is 2.17. The first kappa shape index (κ1) is 17.5. The first-order valence-electron chi connectivity index (χ1n) is 8.13. The zero-order chi connectivity index (χ0) is 17.6. The molecular formula is C20H22O5. The van der Waals surface area contributed by atoms with Gasteiger partial charge in [-0.25, -0.2) is 0 Å². The monoisotopic (exact) mass is 342 g/mol. The minimum Gasteiger partial charge on any atom is -0.455 e. The minimum atomic E-state index is -0.693. The van der Waals surface area contributed by atoms with E-state index >= 15 is 0 Å². The molecule has 0 saturated carbocycles. The van der Waals surface area contributed by atoms with Crippen molar-refractivity contribution in [3.63, 3.8) is 0 Å². The molecule has 5 nitrogen and oxygen atoms in total. The van der Waals surface area contributed by atoms with Crippen LogP contribution in [0.15, 0.2) is 61.1 Å². The molecule has 0 bridgehead atoms. The molecule has 0 spiro atoms. The minimum absolute atomic E-state index is 0.0644. The van der Waals surface area contributed by atoms with Crippen LogP contribution in [0.5, 0.6) is 0 Å². The zero-order valence-corrected chi connectivity index (χ0v) is 14.3. The summed E-state index contributed by atoms with van der Waals surface area (Å²) in [5.41, 5.74) is 3.57. The number of methoxy groups -OCH3 is 1. The van der Waals surface area contributed by atoms with E-state index in [-0.39, 0.29) is 12.9 Å². The van der Waals surface area contributed by atoms with E-state index in [1.807, 2.05) is 55.5 Å². The van der Waals surface area contributed by atoms with E-state index in [1.54, 1.807) is 7.11 Å². The van der Waals surface area contributed by atoms with Crippen LogP contribution in [0.25, 0.3) is 0 Å². The van der Waals surface area contributed by atoms with Crippen molar-refractivity contribution < 1.29 is 24.1 Å². The Kier molecular flexibility index (Phi) is 5.71. The van der Waals surface area contributed by atoms with Gasteiger partial charge < -0.3 is 24.1 Å². The predicted molar refractivity (Wildman–Crippen MR) is 92.4 cm³/mol. The number of aliphatic hydroxyl groups is 1. The SMILES string of the molecule is COCOC(C)c1ccc(C(O)c2ccc(C3OC=CO3)cc2)cc1. The second-order valence-electron chi connectivity index (χ2n) is 5.83. The van der Waals surface area contributed by atoms with Crippen LogP contribution in [0.1, 0.15) is 47.7 Å². The molecule has 2 aromatic carbocycles. The highest BCUT2D eigenvalue weighted by atomic mass is 16.7. The molecule has 0 amide bonds. The largest absolute Gasteiger partial charge is 0.455 e. The summed E-state index contributed by atoms with van der Waals surface area (Å²) >= 11 is 0. The van der Waals surface area contributed by atoms with Gasteiger partial charge in [0.1, 0.15) is 25.4 Å². The number of rotatable bonds is 7. The fraction of sp³-hybridized carbons (Fsp3) is 0.300. The molecule has 25 heavy (non-hydrogen) atoms. The lowest BCUT2D eigenvalue weighted by molar-refractivity contribution is -0.0666. The number of hydrogen-bond donors (Lipinski definition) is 1. The number of benzene rings is 2. The summed E-state index contributed by atoms with van der Waals surface area (Å²) in [7, 11) is 1.60. The van der Waals surface area contributed by atoms with Gasteiger partial charge in [-0.05, 0) is 23.6 Å². The van der Waals surface area contributed by atoms with E-state index in [9.17, 15) is 5.11 Å². The molecule has 132 valence electrons. The number of aliphatic hydroxyl groups excluding tert-OH is 1. The molecule has 0 radical (unpaired) electrons. The number of hydrogen-bond acceptors (Lipinski definition) is 5. The maximum absolute atomic E-state index is 10.6. The summed E-state index contributed by atoms with van der Waals surface area (Å²) in [6.07, 6.45) is 1.88. The Labute approximate surface area is 147 Å². The van der Waals surface area contributed by atoms with Crippen LogP contribution in [0.2, 0.25) is 0 Å². The second-order valence-corrected chi connectivity index (χ2v) is 5.83. The molecule has 0 fully saturated rings. The first-order valence-corrected chi connectivity index (χ1v) is 8.13. The lowest BCUT2D eigenvalue weighted by atomic mass is 9.98. The third-order valence-electron chi connectivity index (χ3n) is 4.14. The molecule has 1 N–H and O–H groups in total. The summed E-state index contributed by atoms with van der Waals surface area (Å²) in [4.78, 5) is 0. The van der Waals surface area contributed by atoms with Gasteiger partial charge in [-0.3, -0.25) is 0 Å². The van der Waals surface area contributed by atoms with Crippen molar-refractivity contribution >= 4 is 0 Å². The van der Waals surface area contributed by atoms with Crippen LogP contribution in [-0.2, 0) is 18.9 Å². The van der Waals surface area contributed by atoms with Gasteiger partial charge in [0.2, 0.25) is 0 Å². The average Bonchev–Trinajstić information content (AvgIpc) is 3.20. The predicted octanol–water partition coefficient (Wildman–Crippen LogP) is 3.97. The standard InChI is InChI=1S/C20H22O5/c1-14(25-13-22-2)15-3-5-16(6-4-15)19(21)17-7-9-18(10-8-17)20-23-11-12-24-20/h3-12,14,19-21H,13H2,1-2H3. The molecule has 0 saturated heterocycles. The molecule has 1 heterocycles. The van der Waals surface area contributed by atoms with Crippen molar-refractivity contribution in [1.29, 1.82) is 0 Å². The van der Waals surface area contributed by atoms with Crippen molar-refractivity contribution in [1.82, 2.24) is 0 Å². The fourth-order valence-corrected chi connectivity index (χ4v) is 2.64. The molecule has 2 atom stereocenters. The van der Waals surface area contributed by atoms with E-state index in [2.05, 4.69) is 0 Å². The van der Waals surface area contributed by atoms with Gasteiger partial charge in [0.05, 0.1) is 6.10 Å². The van der Waals surface area contributed by atoms with Gasteiger partial charge in [-0.2, -0.15) is 0 Å². The topological polar surface area (TPSA) is 57.2 Å². The van der Waals surface area contributed by atoms with Crippen LogP contribution in [-0.4, -0.2) is 19.0 Å². The van der Waals surface area contributed by atoms with E-state index < -0.39 is 12.4 Å². The van der Waals surface area contributed by atoms with Crippen LogP contribution < -0.4 is 0 Å². The Hall–Kier alpha value is -2.34. The Bertz CT molecular complexity index is 685. The number of ether oxygens (including phenoxy) is 4. The Morgan fingerprint density at radius 1 is 0.920 bits per heavy atom. The van der Waals surface area contributed by atoms with Crippen molar-refractivity contribution in [2.75, 3.05) is 13.9 Å². The highest BCUT2D eigenvalue weighted by molar-refractivity contribution is 5.34. The van der Waals surface area contributed by atoms with E-state index in [1.165, 1.54) is 12.5 Å². The third kappa shape index (κ3) is 4.20. The summed E-state index contributed by atoms with van der Waals surface area (Å²) in [5.74, 6) is 0. The van der Waals surface area contributed by atoms with Crippen LogP contribution in [0, 0.1) is 0 Å². The first-order chi connectivity index (χ1) is 12.2. The smallest absolute Gasteiger partial charge is 0.266 e. The lowest BCUT2D eigenvalue weighted by Crippen LogP contribution is -2.04. The maximum atomic E-state index is 10.6. The van der Waals surface area contributed by atoms with E-state index in [0.29, 0.717) is 0 Å². The van der Waals surface area contributed by atoms with E-state index in [4.69, 9.17) is 18.9 Å². The van der Waals surface area contributed by atoms with Gasteiger partial charge in [0, 0.05) is 12.7 Å². The van der Waals surface area contributed by atoms with Gasteiger partial charge in [-0.1, -0.05) is 48.5 Å². The fourth-order valence-electron chi connectivity index (χ4n) is 2.64. The lowest BCUT2D eigenvalue weighted by Gasteiger charge is -2.16. The molecule has 2 unspecified atom stereocenters. The Morgan fingerprint density at radius 2 is 1.44 bits per heavy atom. The molecule has 0 aliphatic carbocycles. The van der Waals surface area contributed by atoms with Gasteiger partial charge in [0.25, 0.3) is 6.29 Å². The quantitative estimate of drug-likeness (QED) is 0.772. The second kappa shape index (κ2) is 8.16. The summed E-state index contributed by atoms with van der Waals surface area (Å²) in [6, 6.07) is 15.3. The molecular weight excluding hydrogens is 320 g/mol. The van der Waals surface area contributed by atoms with Crippen molar-refractivity contribution in [3.8, 4) is 0 Å². The Balaban J connectivity index is 1.66. The van der Waals surface area contributed by atoms with Crippen LogP contribution in [0.4, 0.5) is 0 Å². The molecule has 0 aromatic heterocycles. The third-order valence-corrected chi connectivity index (χ3v) is 4.14. The molecule has 1 aliphatic rings. The zero-order valence-electron chi connectivity index (χ0n) is 14.3. The summed E-state index contributed by atoms with van der Waals surface area (Å²) in [6.45, 7) is 2.22. The Morgan fingerprint density at radius 3 is 2.00 bits per heavy atom. The summed E-state index contributed by atoms with van der Waals surface area (Å²) < 4.78 is 21.0. The molecule has 1 aliphatic heterocycles. The maximum Gasteiger partial charge on any atom is 0.266 e. The summed E-state index contributed by atoms with van der Waals surface area (Å²) in [5, 5.41) is 10.6. The van der Waals surface area contributed by atoms with Crippen molar-refractivity contribution in [2.24, 2.45) is 0 Å².